The van der Waals surface area contributed by atoms with E-state index >= 15 is 0 Å². The highest BCUT2D eigenvalue weighted by Gasteiger charge is 2.70. The van der Waals surface area contributed by atoms with Gasteiger partial charge in [0.25, 0.3) is 0 Å². The van der Waals surface area contributed by atoms with Gasteiger partial charge in [-0.3, -0.25) is 4.79 Å². The molecule has 192 valence electrons. The lowest BCUT2D eigenvalue weighted by molar-refractivity contribution is -0.153. The Kier molecular flexibility index (Phi) is 5.26. The van der Waals surface area contributed by atoms with Crippen LogP contribution in [0.1, 0.15) is 119 Å². The minimum atomic E-state index is -0.589. The average Bonchev–Trinajstić information content (AvgIpc) is 3.50. The fraction of sp³-hybridized carbons (Fsp3) is 0.969. The van der Waals surface area contributed by atoms with Crippen molar-refractivity contribution in [2.45, 2.75) is 119 Å². The number of carboxylic acid groups (broad SMARTS) is 1. The Labute approximate surface area is 209 Å². The van der Waals surface area contributed by atoms with Gasteiger partial charge in [-0.2, -0.15) is 0 Å². The molecule has 6 saturated carbocycles. The van der Waals surface area contributed by atoms with Crippen LogP contribution in [0.3, 0.4) is 0 Å². The van der Waals surface area contributed by atoms with Crippen molar-refractivity contribution in [3.8, 4) is 0 Å². The van der Waals surface area contributed by atoms with Crippen molar-refractivity contribution in [1.29, 1.82) is 0 Å². The smallest absolute Gasteiger partial charge is 0.309 e. The molecule has 0 radical (unpaired) electrons. The SMILES string of the molecule is CC(C)(C(=O)O)C1CCC2C(CCC3C2CCC2C3CCC3CC(C)(C)C(C)(C4(C)CC4)C32)C1. The summed E-state index contributed by atoms with van der Waals surface area (Å²) in [6.45, 7) is 14.6. The largest absolute Gasteiger partial charge is 0.481 e. The van der Waals surface area contributed by atoms with Gasteiger partial charge in [0.15, 0.2) is 0 Å². The third kappa shape index (κ3) is 3.08. The van der Waals surface area contributed by atoms with Crippen molar-refractivity contribution < 1.29 is 9.90 Å². The standard InChI is InChI=1S/C32H52O2/c1-29(2)18-20-8-11-25-24-10-7-19-17-21(30(3,4)28(33)34)9-12-22(19)23(24)13-14-26(25)27(20)32(29,6)31(5)15-16-31/h19-27H,7-18H2,1-6H3,(H,33,34). The minimum absolute atomic E-state index is 0.371. The first-order valence-corrected chi connectivity index (χ1v) is 15.1. The average molecular weight is 469 g/mol. The molecule has 0 bridgehead atoms. The van der Waals surface area contributed by atoms with E-state index < -0.39 is 11.4 Å². The first-order chi connectivity index (χ1) is 15.9. The topological polar surface area (TPSA) is 37.3 Å². The number of aliphatic carboxylic acids is 1. The molecule has 0 saturated heterocycles. The van der Waals surface area contributed by atoms with Crippen LogP contribution in [-0.2, 0) is 4.79 Å². The summed E-state index contributed by atoms with van der Waals surface area (Å²) in [7, 11) is 0. The van der Waals surface area contributed by atoms with Gasteiger partial charge in [-0.15, -0.1) is 0 Å². The van der Waals surface area contributed by atoms with Crippen LogP contribution in [0, 0.1) is 74.9 Å². The summed E-state index contributed by atoms with van der Waals surface area (Å²) in [6.07, 6.45) is 16.9. The molecule has 0 amide bonds. The molecular formula is C32H52O2. The Hall–Kier alpha value is -0.530. The van der Waals surface area contributed by atoms with E-state index in [0.717, 1.165) is 53.8 Å². The van der Waals surface area contributed by atoms with Gasteiger partial charge in [-0.1, -0.05) is 27.7 Å². The summed E-state index contributed by atoms with van der Waals surface area (Å²) in [5.74, 6) is 7.34. The minimum Gasteiger partial charge on any atom is -0.481 e. The van der Waals surface area contributed by atoms with Crippen molar-refractivity contribution in [3.63, 3.8) is 0 Å². The molecule has 1 N–H and O–H groups in total. The molecule has 34 heavy (non-hydrogen) atoms. The maximum atomic E-state index is 11.9. The van der Waals surface area contributed by atoms with E-state index in [4.69, 9.17) is 0 Å². The van der Waals surface area contributed by atoms with E-state index in [1.54, 1.807) is 0 Å². The van der Waals surface area contributed by atoms with E-state index in [1.807, 2.05) is 13.8 Å². The number of carboxylic acids is 1. The lowest BCUT2D eigenvalue weighted by atomic mass is 9.45. The van der Waals surface area contributed by atoms with Gasteiger partial charge in [0, 0.05) is 0 Å². The van der Waals surface area contributed by atoms with Crippen molar-refractivity contribution in [3.05, 3.63) is 0 Å². The quantitative estimate of drug-likeness (QED) is 0.451. The van der Waals surface area contributed by atoms with Crippen LogP contribution in [0.4, 0.5) is 0 Å². The predicted molar refractivity (Wildman–Crippen MR) is 138 cm³/mol. The molecule has 6 aliphatic carbocycles. The lowest BCUT2D eigenvalue weighted by Gasteiger charge is -2.60. The zero-order valence-corrected chi connectivity index (χ0v) is 23.0. The predicted octanol–water partition coefficient (Wildman–Crippen LogP) is 8.44. The van der Waals surface area contributed by atoms with Gasteiger partial charge < -0.3 is 5.11 Å². The highest BCUT2D eigenvalue weighted by molar-refractivity contribution is 5.74. The Balaban J connectivity index is 1.22. The fourth-order valence-electron chi connectivity index (χ4n) is 12.0. The van der Waals surface area contributed by atoms with Crippen LogP contribution >= 0.6 is 0 Å². The Bertz CT molecular complexity index is 836. The zero-order chi connectivity index (χ0) is 24.3. The van der Waals surface area contributed by atoms with E-state index in [0.29, 0.717) is 22.2 Å². The molecule has 10 unspecified atom stereocenters. The molecular weight excluding hydrogens is 416 g/mol. The van der Waals surface area contributed by atoms with Crippen molar-refractivity contribution in [1.82, 2.24) is 0 Å². The van der Waals surface area contributed by atoms with Gasteiger partial charge in [-0.25, -0.2) is 0 Å². The molecule has 6 aliphatic rings. The number of hydrogen-bond acceptors (Lipinski definition) is 1. The first-order valence-electron chi connectivity index (χ1n) is 15.1. The van der Waals surface area contributed by atoms with Crippen LogP contribution in [0.25, 0.3) is 0 Å². The Morgan fingerprint density at radius 1 is 0.735 bits per heavy atom. The third-order valence-electron chi connectivity index (χ3n) is 14.5. The van der Waals surface area contributed by atoms with Crippen LogP contribution in [0.15, 0.2) is 0 Å². The van der Waals surface area contributed by atoms with Gasteiger partial charge in [0.1, 0.15) is 0 Å². The Morgan fingerprint density at radius 3 is 1.91 bits per heavy atom. The molecule has 0 aromatic heterocycles. The van der Waals surface area contributed by atoms with Crippen molar-refractivity contribution in [2.24, 2.45) is 74.9 Å². The third-order valence-corrected chi connectivity index (χ3v) is 14.5. The monoisotopic (exact) mass is 468 g/mol. The lowest BCUT2D eigenvalue weighted by Crippen LogP contribution is -2.53. The van der Waals surface area contributed by atoms with Gasteiger partial charge >= 0.3 is 5.97 Å². The summed E-state index contributed by atoms with van der Waals surface area (Å²) in [4.78, 5) is 11.9. The molecule has 0 aliphatic heterocycles. The van der Waals surface area contributed by atoms with Crippen LogP contribution in [-0.4, -0.2) is 11.1 Å². The first kappa shape index (κ1) is 23.8. The number of carbonyl (C=O) groups is 1. The van der Waals surface area contributed by atoms with Gasteiger partial charge in [-0.05, 0) is 160 Å². The van der Waals surface area contributed by atoms with E-state index in [-0.39, 0.29) is 0 Å². The number of hydrogen-bond donors (Lipinski definition) is 1. The summed E-state index contributed by atoms with van der Waals surface area (Å²) in [6, 6.07) is 0. The summed E-state index contributed by atoms with van der Waals surface area (Å²) in [5.41, 5.74) is 1.06. The molecule has 6 fully saturated rings. The maximum Gasteiger partial charge on any atom is 0.309 e. The second kappa shape index (κ2) is 7.50. The van der Waals surface area contributed by atoms with Gasteiger partial charge in [0.05, 0.1) is 5.41 Å². The van der Waals surface area contributed by atoms with Crippen LogP contribution in [0.5, 0.6) is 0 Å². The van der Waals surface area contributed by atoms with E-state index in [2.05, 4.69) is 27.7 Å². The van der Waals surface area contributed by atoms with Crippen molar-refractivity contribution in [2.75, 3.05) is 0 Å². The molecule has 6 rings (SSSR count). The van der Waals surface area contributed by atoms with Crippen LogP contribution < -0.4 is 0 Å². The molecule has 0 spiro atoms. The highest BCUT2D eigenvalue weighted by Crippen LogP contribution is 2.78. The molecule has 2 nitrogen and oxygen atoms in total. The van der Waals surface area contributed by atoms with E-state index in [1.165, 1.54) is 70.6 Å². The molecule has 0 heterocycles. The zero-order valence-electron chi connectivity index (χ0n) is 23.0. The Morgan fingerprint density at radius 2 is 1.26 bits per heavy atom. The molecule has 10 atom stereocenters. The second-order valence-electron chi connectivity index (χ2n) is 16.0. The summed E-state index contributed by atoms with van der Waals surface area (Å²) >= 11 is 0. The molecule has 2 heteroatoms. The maximum absolute atomic E-state index is 11.9. The van der Waals surface area contributed by atoms with E-state index in [9.17, 15) is 9.90 Å². The fourth-order valence-corrected chi connectivity index (χ4v) is 12.0. The van der Waals surface area contributed by atoms with Gasteiger partial charge in [0.2, 0.25) is 0 Å². The summed E-state index contributed by atoms with van der Waals surface area (Å²) in [5, 5.41) is 9.82. The molecule has 0 aromatic rings. The summed E-state index contributed by atoms with van der Waals surface area (Å²) < 4.78 is 0. The number of rotatable bonds is 3. The highest BCUT2D eigenvalue weighted by atomic mass is 16.4. The normalized spacial score (nSPS) is 50.9. The second-order valence-corrected chi connectivity index (χ2v) is 16.0. The van der Waals surface area contributed by atoms with Crippen molar-refractivity contribution >= 4 is 5.97 Å². The van der Waals surface area contributed by atoms with Crippen LogP contribution in [0.2, 0.25) is 0 Å². The molecule has 0 aromatic carbocycles. The number of fused-ring (bicyclic) bond motifs is 7.